The van der Waals surface area contributed by atoms with Crippen molar-refractivity contribution in [3.05, 3.63) is 0 Å². The molecule has 114 valence electrons. The van der Waals surface area contributed by atoms with E-state index in [4.69, 9.17) is 0 Å². The van der Waals surface area contributed by atoms with Gasteiger partial charge in [0, 0.05) is 31.2 Å². The van der Waals surface area contributed by atoms with E-state index < -0.39 is 0 Å². The lowest BCUT2D eigenvalue weighted by atomic mass is 9.92. The molecule has 0 aromatic rings. The zero-order valence-electron chi connectivity index (χ0n) is 14.1. The topological polar surface area (TPSA) is 15.3 Å². The fraction of sp³-hybridized carbons (Fsp3) is 1.00. The largest absolute Gasteiger partial charge is 0.311 e. The van der Waals surface area contributed by atoms with Gasteiger partial charge in [0.2, 0.25) is 0 Å². The summed E-state index contributed by atoms with van der Waals surface area (Å²) in [6, 6.07) is 2.16. The number of piperazine rings is 1. The summed E-state index contributed by atoms with van der Waals surface area (Å²) >= 11 is 0. The Labute approximate surface area is 121 Å². The van der Waals surface area contributed by atoms with Gasteiger partial charge < -0.3 is 5.32 Å². The van der Waals surface area contributed by atoms with Crippen LogP contribution in [-0.2, 0) is 0 Å². The highest BCUT2D eigenvalue weighted by atomic mass is 15.3. The Morgan fingerprint density at radius 2 is 1.79 bits per heavy atom. The van der Waals surface area contributed by atoms with E-state index in [0.717, 1.165) is 23.9 Å². The van der Waals surface area contributed by atoms with Crippen molar-refractivity contribution >= 4 is 0 Å². The van der Waals surface area contributed by atoms with E-state index in [-0.39, 0.29) is 0 Å². The Kier molecular flexibility index (Phi) is 7.38. The Bertz CT molecular complexity index is 239. The van der Waals surface area contributed by atoms with Crippen molar-refractivity contribution in [3.8, 4) is 0 Å². The maximum atomic E-state index is 3.78. The molecule has 19 heavy (non-hydrogen) atoms. The highest BCUT2D eigenvalue weighted by molar-refractivity contribution is 4.90. The zero-order valence-corrected chi connectivity index (χ0v) is 14.1. The van der Waals surface area contributed by atoms with E-state index in [1.165, 1.54) is 38.8 Å². The number of hydrogen-bond acceptors (Lipinski definition) is 2. The van der Waals surface area contributed by atoms with Gasteiger partial charge in [0.05, 0.1) is 0 Å². The minimum Gasteiger partial charge on any atom is -0.311 e. The van der Waals surface area contributed by atoms with Crippen molar-refractivity contribution in [3.63, 3.8) is 0 Å². The molecular formula is C17H36N2. The van der Waals surface area contributed by atoms with Crippen molar-refractivity contribution in [1.82, 2.24) is 10.2 Å². The standard InChI is InChI=1S/C17H36N2/c1-7-14(5)17-12-19(16(8-2)11-18-17)15(6)10-9-13(3)4/h13-18H,7-12H2,1-6H3. The van der Waals surface area contributed by atoms with Crippen LogP contribution in [0.15, 0.2) is 0 Å². The van der Waals surface area contributed by atoms with Gasteiger partial charge in [-0.3, -0.25) is 4.90 Å². The van der Waals surface area contributed by atoms with Gasteiger partial charge in [-0.05, 0) is 38.0 Å². The van der Waals surface area contributed by atoms with Crippen LogP contribution in [0.25, 0.3) is 0 Å². The molecule has 0 spiro atoms. The van der Waals surface area contributed by atoms with Crippen LogP contribution in [0, 0.1) is 11.8 Å². The summed E-state index contributed by atoms with van der Waals surface area (Å²) in [4.78, 5) is 2.79. The lowest BCUT2D eigenvalue weighted by Gasteiger charge is -2.45. The van der Waals surface area contributed by atoms with Crippen LogP contribution in [0.5, 0.6) is 0 Å². The molecule has 2 nitrogen and oxygen atoms in total. The highest BCUT2D eigenvalue weighted by Crippen LogP contribution is 2.22. The van der Waals surface area contributed by atoms with Crippen LogP contribution < -0.4 is 5.32 Å². The molecule has 0 bridgehead atoms. The molecule has 4 atom stereocenters. The van der Waals surface area contributed by atoms with E-state index in [1.807, 2.05) is 0 Å². The fourth-order valence-electron chi connectivity index (χ4n) is 3.17. The molecule has 1 fully saturated rings. The molecule has 1 aliphatic rings. The molecule has 1 N–H and O–H groups in total. The van der Waals surface area contributed by atoms with Crippen molar-refractivity contribution in [2.24, 2.45) is 11.8 Å². The Balaban J connectivity index is 2.58. The van der Waals surface area contributed by atoms with E-state index >= 15 is 0 Å². The maximum Gasteiger partial charge on any atom is 0.0221 e. The monoisotopic (exact) mass is 268 g/mol. The van der Waals surface area contributed by atoms with Gasteiger partial charge >= 0.3 is 0 Å². The third kappa shape index (κ3) is 5.07. The third-order valence-corrected chi connectivity index (χ3v) is 5.02. The summed E-state index contributed by atoms with van der Waals surface area (Å²) in [5.74, 6) is 1.62. The molecule has 0 aromatic heterocycles. The number of nitrogens with zero attached hydrogens (tertiary/aromatic N) is 1. The Morgan fingerprint density at radius 3 is 2.32 bits per heavy atom. The average molecular weight is 268 g/mol. The third-order valence-electron chi connectivity index (χ3n) is 5.02. The second-order valence-corrected chi connectivity index (χ2v) is 6.98. The molecule has 0 saturated carbocycles. The Hall–Kier alpha value is -0.0800. The SMILES string of the molecule is CCC(C)C1CN(C(C)CCC(C)C)C(CC)CN1. The lowest BCUT2D eigenvalue weighted by Crippen LogP contribution is -2.60. The summed E-state index contributed by atoms with van der Waals surface area (Å²) in [5, 5.41) is 3.78. The van der Waals surface area contributed by atoms with Crippen molar-refractivity contribution in [2.75, 3.05) is 13.1 Å². The summed E-state index contributed by atoms with van der Waals surface area (Å²) in [5.41, 5.74) is 0. The quantitative estimate of drug-likeness (QED) is 0.753. The van der Waals surface area contributed by atoms with E-state index in [9.17, 15) is 0 Å². The van der Waals surface area contributed by atoms with Crippen LogP contribution in [0.3, 0.4) is 0 Å². The first-order valence-electron chi connectivity index (χ1n) is 8.48. The number of rotatable bonds is 7. The molecule has 1 heterocycles. The van der Waals surface area contributed by atoms with Crippen molar-refractivity contribution < 1.29 is 0 Å². The van der Waals surface area contributed by atoms with Crippen LogP contribution in [-0.4, -0.2) is 36.1 Å². The first kappa shape index (κ1) is 17.0. The minimum absolute atomic E-state index is 0.689. The molecule has 0 amide bonds. The average Bonchev–Trinajstić information content (AvgIpc) is 2.42. The summed E-state index contributed by atoms with van der Waals surface area (Å²) in [7, 11) is 0. The normalized spacial score (nSPS) is 28.6. The molecule has 2 heteroatoms. The Morgan fingerprint density at radius 1 is 1.11 bits per heavy atom. The molecule has 1 saturated heterocycles. The van der Waals surface area contributed by atoms with Crippen LogP contribution >= 0.6 is 0 Å². The molecule has 0 aromatic carbocycles. The van der Waals surface area contributed by atoms with Crippen LogP contribution in [0.4, 0.5) is 0 Å². The van der Waals surface area contributed by atoms with Gasteiger partial charge in [-0.1, -0.05) is 41.0 Å². The minimum atomic E-state index is 0.689. The fourth-order valence-corrected chi connectivity index (χ4v) is 3.17. The molecule has 1 aliphatic heterocycles. The predicted octanol–water partition coefficient (Wildman–Crippen LogP) is 3.91. The molecule has 1 rings (SSSR count). The lowest BCUT2D eigenvalue weighted by molar-refractivity contribution is 0.0652. The maximum absolute atomic E-state index is 3.78. The highest BCUT2D eigenvalue weighted by Gasteiger charge is 2.31. The zero-order chi connectivity index (χ0) is 14.4. The van der Waals surface area contributed by atoms with E-state index in [0.29, 0.717) is 6.04 Å². The predicted molar refractivity (Wildman–Crippen MR) is 85.6 cm³/mol. The van der Waals surface area contributed by atoms with Gasteiger partial charge in [0.1, 0.15) is 0 Å². The second kappa shape index (κ2) is 8.26. The van der Waals surface area contributed by atoms with Gasteiger partial charge in [-0.2, -0.15) is 0 Å². The van der Waals surface area contributed by atoms with Gasteiger partial charge in [-0.15, -0.1) is 0 Å². The van der Waals surface area contributed by atoms with E-state index in [2.05, 4.69) is 51.8 Å². The number of nitrogens with one attached hydrogen (secondary N) is 1. The molecule has 0 aliphatic carbocycles. The summed E-state index contributed by atoms with van der Waals surface area (Å²) in [6.45, 7) is 16.6. The number of hydrogen-bond donors (Lipinski definition) is 1. The van der Waals surface area contributed by atoms with Crippen molar-refractivity contribution in [1.29, 1.82) is 0 Å². The van der Waals surface area contributed by atoms with Crippen LogP contribution in [0.1, 0.15) is 67.2 Å². The molecular weight excluding hydrogens is 232 g/mol. The van der Waals surface area contributed by atoms with Gasteiger partial charge in [0.25, 0.3) is 0 Å². The summed E-state index contributed by atoms with van der Waals surface area (Å²) < 4.78 is 0. The first-order valence-corrected chi connectivity index (χ1v) is 8.48. The van der Waals surface area contributed by atoms with E-state index in [1.54, 1.807) is 0 Å². The smallest absolute Gasteiger partial charge is 0.0221 e. The summed E-state index contributed by atoms with van der Waals surface area (Å²) in [6.07, 6.45) is 5.26. The van der Waals surface area contributed by atoms with Crippen molar-refractivity contribution in [2.45, 2.75) is 85.4 Å². The van der Waals surface area contributed by atoms with Gasteiger partial charge in [0.15, 0.2) is 0 Å². The molecule has 4 unspecified atom stereocenters. The van der Waals surface area contributed by atoms with Gasteiger partial charge in [-0.25, -0.2) is 0 Å². The second-order valence-electron chi connectivity index (χ2n) is 6.98. The van der Waals surface area contributed by atoms with Crippen LogP contribution in [0.2, 0.25) is 0 Å². The molecule has 0 radical (unpaired) electrons. The first-order chi connectivity index (χ1) is 8.99.